The van der Waals surface area contributed by atoms with Crippen LogP contribution in [0.3, 0.4) is 0 Å². The molecule has 0 aliphatic carbocycles. The van der Waals surface area contributed by atoms with Crippen LogP contribution >= 0.6 is 0 Å². The van der Waals surface area contributed by atoms with Crippen molar-refractivity contribution < 1.29 is 14.7 Å². The van der Waals surface area contributed by atoms with Crippen molar-refractivity contribution in [1.29, 1.82) is 0 Å². The Hall–Kier alpha value is -2.11. The molecule has 0 radical (unpaired) electrons. The van der Waals surface area contributed by atoms with Gasteiger partial charge in [0.15, 0.2) is 0 Å². The van der Waals surface area contributed by atoms with E-state index in [9.17, 15) is 9.59 Å². The molecule has 6 nitrogen and oxygen atoms in total. The molecule has 0 atom stereocenters. The molecule has 0 aliphatic rings. The largest absolute Gasteiger partial charge is 0.481 e. The highest BCUT2D eigenvalue weighted by Gasteiger charge is 2.08. The van der Waals surface area contributed by atoms with Crippen LogP contribution in [0.15, 0.2) is 18.3 Å². The van der Waals surface area contributed by atoms with Crippen molar-refractivity contribution in [2.24, 2.45) is 0 Å². The van der Waals surface area contributed by atoms with Crippen LogP contribution in [-0.4, -0.2) is 35.1 Å². The number of carboxylic acid groups (broad SMARTS) is 1. The number of amides is 1. The van der Waals surface area contributed by atoms with E-state index in [2.05, 4.69) is 15.2 Å². The van der Waals surface area contributed by atoms with Gasteiger partial charge in [-0.3, -0.25) is 9.59 Å². The van der Waals surface area contributed by atoms with Crippen molar-refractivity contribution >= 4 is 23.4 Å². The molecule has 0 bridgehead atoms. The molecule has 2 N–H and O–H groups in total. The van der Waals surface area contributed by atoms with E-state index in [1.807, 2.05) is 13.8 Å². The molecule has 1 aromatic rings. The van der Waals surface area contributed by atoms with E-state index < -0.39 is 18.3 Å². The third kappa shape index (κ3) is 4.04. The maximum absolute atomic E-state index is 11.2. The van der Waals surface area contributed by atoms with E-state index in [1.54, 1.807) is 12.1 Å². The first kappa shape index (κ1) is 14.0. The van der Waals surface area contributed by atoms with Crippen LogP contribution in [0.2, 0.25) is 0 Å². The van der Waals surface area contributed by atoms with Gasteiger partial charge in [0, 0.05) is 13.1 Å². The molecule has 1 rings (SSSR count). The van der Waals surface area contributed by atoms with Crippen LogP contribution in [0.1, 0.15) is 20.3 Å². The number of nitrogens with one attached hydrogen (secondary N) is 1. The average Bonchev–Trinajstić information content (AvgIpc) is 2.31. The molecule has 1 aromatic heterocycles. The standard InChI is InChI=1S/C12H17N3O3/c1-3-15(4-2)10-6-5-9(8-13-10)14-11(16)7-12(17)18/h5-6,8H,3-4,7H2,1-2H3,(H,14,16)(H,17,18). The molecular weight excluding hydrogens is 234 g/mol. The third-order valence-corrected chi connectivity index (χ3v) is 2.43. The van der Waals surface area contributed by atoms with Crippen LogP contribution in [-0.2, 0) is 9.59 Å². The van der Waals surface area contributed by atoms with E-state index in [0.29, 0.717) is 5.69 Å². The third-order valence-electron chi connectivity index (χ3n) is 2.43. The predicted octanol–water partition coefficient (Wildman–Crippen LogP) is 1.34. The minimum Gasteiger partial charge on any atom is -0.481 e. The van der Waals surface area contributed by atoms with Crippen LogP contribution in [0.4, 0.5) is 11.5 Å². The summed E-state index contributed by atoms with van der Waals surface area (Å²) in [7, 11) is 0. The molecular formula is C12H17N3O3. The van der Waals surface area contributed by atoms with Gasteiger partial charge in [-0.1, -0.05) is 0 Å². The number of pyridine rings is 1. The molecule has 0 aliphatic heterocycles. The Bertz CT molecular complexity index is 413. The quantitative estimate of drug-likeness (QED) is 0.745. The van der Waals surface area contributed by atoms with Gasteiger partial charge in [-0.25, -0.2) is 4.98 Å². The maximum atomic E-state index is 11.2. The summed E-state index contributed by atoms with van der Waals surface area (Å²) in [6, 6.07) is 3.50. The molecule has 0 unspecified atom stereocenters. The zero-order valence-electron chi connectivity index (χ0n) is 10.5. The van der Waals surface area contributed by atoms with Crippen LogP contribution < -0.4 is 10.2 Å². The summed E-state index contributed by atoms with van der Waals surface area (Å²) in [5.41, 5.74) is 0.497. The van der Waals surface area contributed by atoms with Crippen molar-refractivity contribution in [3.63, 3.8) is 0 Å². The summed E-state index contributed by atoms with van der Waals surface area (Å²) < 4.78 is 0. The molecule has 1 heterocycles. The minimum atomic E-state index is -1.15. The number of rotatable bonds is 6. The number of anilines is 2. The molecule has 98 valence electrons. The Labute approximate surface area is 106 Å². The number of nitrogens with zero attached hydrogens (tertiary/aromatic N) is 2. The minimum absolute atomic E-state index is 0.497. The number of aliphatic carboxylic acids is 1. The zero-order chi connectivity index (χ0) is 13.5. The predicted molar refractivity (Wildman–Crippen MR) is 68.7 cm³/mol. The summed E-state index contributed by atoms with van der Waals surface area (Å²) in [6.45, 7) is 5.78. The second-order valence-electron chi connectivity index (χ2n) is 3.70. The Morgan fingerprint density at radius 2 is 2.00 bits per heavy atom. The highest BCUT2D eigenvalue weighted by Crippen LogP contribution is 2.13. The van der Waals surface area contributed by atoms with Crippen molar-refractivity contribution in [3.05, 3.63) is 18.3 Å². The van der Waals surface area contributed by atoms with Crippen LogP contribution in [0, 0.1) is 0 Å². The maximum Gasteiger partial charge on any atom is 0.312 e. The highest BCUT2D eigenvalue weighted by molar-refractivity contribution is 6.01. The lowest BCUT2D eigenvalue weighted by Gasteiger charge is -2.19. The van der Waals surface area contributed by atoms with Gasteiger partial charge in [-0.15, -0.1) is 0 Å². The number of hydrogen-bond donors (Lipinski definition) is 2. The molecule has 0 saturated heterocycles. The van der Waals surface area contributed by atoms with Crippen molar-refractivity contribution in [1.82, 2.24) is 4.98 Å². The Morgan fingerprint density at radius 3 is 2.44 bits per heavy atom. The summed E-state index contributed by atoms with van der Waals surface area (Å²) in [5, 5.41) is 10.9. The van der Waals surface area contributed by atoms with Crippen LogP contribution in [0.25, 0.3) is 0 Å². The zero-order valence-corrected chi connectivity index (χ0v) is 10.5. The molecule has 18 heavy (non-hydrogen) atoms. The Morgan fingerprint density at radius 1 is 1.33 bits per heavy atom. The fraction of sp³-hybridized carbons (Fsp3) is 0.417. The first-order valence-electron chi connectivity index (χ1n) is 5.79. The van der Waals surface area contributed by atoms with Gasteiger partial charge in [-0.05, 0) is 26.0 Å². The lowest BCUT2D eigenvalue weighted by atomic mass is 10.3. The van der Waals surface area contributed by atoms with E-state index in [0.717, 1.165) is 18.9 Å². The lowest BCUT2D eigenvalue weighted by molar-refractivity contribution is -0.139. The first-order chi connectivity index (χ1) is 8.56. The summed E-state index contributed by atoms with van der Waals surface area (Å²) in [4.78, 5) is 27.9. The van der Waals surface area contributed by atoms with Gasteiger partial charge < -0.3 is 15.3 Å². The lowest BCUT2D eigenvalue weighted by Crippen LogP contribution is -2.23. The van der Waals surface area contributed by atoms with Gasteiger partial charge in [0.1, 0.15) is 12.2 Å². The Kier molecular flexibility index (Phi) is 5.10. The van der Waals surface area contributed by atoms with Crippen LogP contribution in [0.5, 0.6) is 0 Å². The molecule has 1 amide bonds. The summed E-state index contributed by atoms with van der Waals surface area (Å²) in [6.07, 6.45) is 0.977. The van der Waals surface area contributed by atoms with E-state index >= 15 is 0 Å². The molecule has 0 spiro atoms. The smallest absolute Gasteiger partial charge is 0.312 e. The number of carboxylic acids is 1. The molecule has 0 fully saturated rings. The number of hydrogen-bond acceptors (Lipinski definition) is 4. The van der Waals surface area contributed by atoms with E-state index in [4.69, 9.17) is 5.11 Å². The topological polar surface area (TPSA) is 82.5 Å². The van der Waals surface area contributed by atoms with E-state index in [1.165, 1.54) is 6.20 Å². The summed E-state index contributed by atoms with van der Waals surface area (Å²) in [5.74, 6) is -0.878. The normalized spacial score (nSPS) is 9.89. The SMILES string of the molecule is CCN(CC)c1ccc(NC(=O)CC(=O)O)cn1. The Balaban J connectivity index is 2.65. The number of aromatic nitrogens is 1. The van der Waals surface area contributed by atoms with Gasteiger partial charge in [0.2, 0.25) is 5.91 Å². The highest BCUT2D eigenvalue weighted by atomic mass is 16.4. The second-order valence-corrected chi connectivity index (χ2v) is 3.70. The average molecular weight is 251 g/mol. The second kappa shape index (κ2) is 6.58. The number of carbonyl (C=O) groups is 2. The molecule has 6 heteroatoms. The van der Waals surface area contributed by atoms with E-state index in [-0.39, 0.29) is 0 Å². The van der Waals surface area contributed by atoms with Gasteiger partial charge >= 0.3 is 5.97 Å². The fourth-order valence-electron chi connectivity index (χ4n) is 1.54. The van der Waals surface area contributed by atoms with Crippen molar-refractivity contribution in [3.8, 4) is 0 Å². The van der Waals surface area contributed by atoms with Gasteiger partial charge in [-0.2, -0.15) is 0 Å². The van der Waals surface area contributed by atoms with Gasteiger partial charge in [0.25, 0.3) is 0 Å². The number of carbonyl (C=O) groups excluding carboxylic acids is 1. The van der Waals surface area contributed by atoms with Gasteiger partial charge in [0.05, 0.1) is 11.9 Å². The first-order valence-corrected chi connectivity index (χ1v) is 5.79. The summed E-state index contributed by atoms with van der Waals surface area (Å²) >= 11 is 0. The molecule has 0 saturated carbocycles. The fourth-order valence-corrected chi connectivity index (χ4v) is 1.54. The molecule has 0 aromatic carbocycles. The van der Waals surface area contributed by atoms with Crippen molar-refractivity contribution in [2.75, 3.05) is 23.3 Å². The van der Waals surface area contributed by atoms with Crippen molar-refractivity contribution in [2.45, 2.75) is 20.3 Å². The monoisotopic (exact) mass is 251 g/mol.